The van der Waals surface area contributed by atoms with Crippen LogP contribution in [-0.2, 0) is 20.2 Å². The van der Waals surface area contributed by atoms with E-state index in [0.29, 0.717) is 11.3 Å². The summed E-state index contributed by atoms with van der Waals surface area (Å²) in [5.41, 5.74) is 6.18. The quantitative estimate of drug-likeness (QED) is 0.648. The first-order chi connectivity index (χ1) is 9.11. The zero-order chi connectivity index (χ0) is 13.8. The number of nitrogens with two attached hydrogens (primary N) is 1. The fourth-order valence-electron chi connectivity index (χ4n) is 1.66. The number of imidazole rings is 1. The van der Waals surface area contributed by atoms with Gasteiger partial charge in [-0.15, -0.1) is 0 Å². The van der Waals surface area contributed by atoms with Gasteiger partial charge in [-0.25, -0.2) is 4.98 Å². The van der Waals surface area contributed by atoms with Crippen LogP contribution >= 0.6 is 0 Å². The zero-order valence-corrected chi connectivity index (χ0v) is 10.4. The van der Waals surface area contributed by atoms with E-state index in [1.54, 1.807) is 12.3 Å². The summed E-state index contributed by atoms with van der Waals surface area (Å²) in [6, 6.07) is 4.38. The van der Waals surface area contributed by atoms with Crippen LogP contribution in [0.1, 0.15) is 11.4 Å². The number of nitrogens with zero attached hydrogens (tertiary/aromatic N) is 3. The molecule has 7 heteroatoms. The van der Waals surface area contributed by atoms with E-state index >= 15 is 0 Å². The second kappa shape index (κ2) is 5.49. The Bertz CT molecular complexity index is 594. The van der Waals surface area contributed by atoms with Crippen LogP contribution < -0.4 is 10.5 Å². The van der Waals surface area contributed by atoms with Crippen LogP contribution in [0, 0.1) is 10.1 Å². The van der Waals surface area contributed by atoms with Crippen molar-refractivity contribution in [1.29, 1.82) is 0 Å². The van der Waals surface area contributed by atoms with Gasteiger partial charge in [0, 0.05) is 43.7 Å². The molecule has 0 saturated heterocycles. The third kappa shape index (κ3) is 2.89. The lowest BCUT2D eigenvalue weighted by Gasteiger charge is -2.10. The topological polar surface area (TPSA) is 96.2 Å². The minimum Gasteiger partial charge on any atom is -0.485 e. The highest BCUT2D eigenvalue weighted by molar-refractivity contribution is 5.43. The Labute approximate surface area is 109 Å². The summed E-state index contributed by atoms with van der Waals surface area (Å²) >= 11 is 0. The van der Waals surface area contributed by atoms with Gasteiger partial charge in [0.25, 0.3) is 5.69 Å². The first kappa shape index (κ1) is 13.0. The lowest BCUT2D eigenvalue weighted by Crippen LogP contribution is -2.06. The van der Waals surface area contributed by atoms with Gasteiger partial charge in [-0.1, -0.05) is 0 Å². The molecule has 2 N–H and O–H groups in total. The van der Waals surface area contributed by atoms with Crippen LogP contribution in [0.5, 0.6) is 5.75 Å². The van der Waals surface area contributed by atoms with Crippen LogP contribution in [0.4, 0.5) is 5.69 Å². The predicted molar refractivity (Wildman–Crippen MR) is 68.5 cm³/mol. The van der Waals surface area contributed by atoms with Crippen LogP contribution in [0.3, 0.4) is 0 Å². The van der Waals surface area contributed by atoms with Crippen molar-refractivity contribution in [2.45, 2.75) is 13.2 Å². The molecule has 1 aromatic heterocycles. The second-order valence-corrected chi connectivity index (χ2v) is 4.00. The van der Waals surface area contributed by atoms with Crippen LogP contribution in [-0.4, -0.2) is 14.5 Å². The number of aryl methyl sites for hydroxylation is 1. The van der Waals surface area contributed by atoms with Gasteiger partial charge in [0.1, 0.15) is 18.2 Å². The van der Waals surface area contributed by atoms with Crippen LogP contribution in [0.2, 0.25) is 0 Å². The lowest BCUT2D eigenvalue weighted by molar-refractivity contribution is -0.384. The smallest absolute Gasteiger partial charge is 0.270 e. The standard InChI is InChI=1S/C12H14N4O3/c1-15-5-4-14-12(15)8-19-11-3-2-10(16(17)18)6-9(11)7-13/h2-6H,7-8,13H2,1H3. The van der Waals surface area contributed by atoms with Crippen molar-refractivity contribution >= 4 is 5.69 Å². The average Bonchev–Trinajstić information content (AvgIpc) is 2.81. The summed E-state index contributed by atoms with van der Waals surface area (Å²) < 4.78 is 7.44. The Morgan fingerprint density at radius 3 is 2.89 bits per heavy atom. The number of hydrogen-bond acceptors (Lipinski definition) is 5. The molecule has 19 heavy (non-hydrogen) atoms. The molecule has 0 radical (unpaired) electrons. The number of nitro benzene ring substituents is 1. The number of non-ortho nitro benzene ring substituents is 1. The maximum Gasteiger partial charge on any atom is 0.270 e. The molecule has 2 rings (SSSR count). The fourth-order valence-corrected chi connectivity index (χ4v) is 1.66. The largest absolute Gasteiger partial charge is 0.485 e. The van der Waals surface area contributed by atoms with Crippen LogP contribution in [0.25, 0.3) is 0 Å². The molecule has 0 unspecified atom stereocenters. The van der Waals surface area contributed by atoms with Crippen molar-refractivity contribution in [3.8, 4) is 5.75 Å². The molecule has 0 bridgehead atoms. The highest BCUT2D eigenvalue weighted by Gasteiger charge is 2.11. The van der Waals surface area contributed by atoms with E-state index in [1.165, 1.54) is 12.1 Å². The normalized spacial score (nSPS) is 10.4. The second-order valence-electron chi connectivity index (χ2n) is 4.00. The Balaban J connectivity index is 2.16. The van der Waals surface area contributed by atoms with Crippen LogP contribution in [0.15, 0.2) is 30.6 Å². The van der Waals surface area contributed by atoms with Gasteiger partial charge in [0.05, 0.1) is 4.92 Å². The number of rotatable bonds is 5. The summed E-state index contributed by atoms with van der Waals surface area (Å²) in [7, 11) is 1.87. The van der Waals surface area contributed by atoms with Gasteiger partial charge in [-0.3, -0.25) is 10.1 Å². The summed E-state index contributed by atoms with van der Waals surface area (Å²) in [6.07, 6.45) is 3.50. The minimum atomic E-state index is -0.457. The van der Waals surface area contributed by atoms with Crippen molar-refractivity contribution in [2.24, 2.45) is 12.8 Å². The van der Waals surface area contributed by atoms with E-state index in [0.717, 1.165) is 5.82 Å². The van der Waals surface area contributed by atoms with E-state index in [4.69, 9.17) is 10.5 Å². The third-order valence-corrected chi connectivity index (χ3v) is 2.75. The lowest BCUT2D eigenvalue weighted by atomic mass is 10.2. The number of benzene rings is 1. The Morgan fingerprint density at radius 1 is 1.53 bits per heavy atom. The molecule has 0 spiro atoms. The molecule has 0 aliphatic heterocycles. The zero-order valence-electron chi connectivity index (χ0n) is 10.4. The average molecular weight is 262 g/mol. The Morgan fingerprint density at radius 2 is 2.32 bits per heavy atom. The molecule has 7 nitrogen and oxygen atoms in total. The molecule has 0 atom stereocenters. The number of hydrogen-bond donors (Lipinski definition) is 1. The van der Waals surface area contributed by atoms with E-state index < -0.39 is 4.92 Å². The first-order valence-corrected chi connectivity index (χ1v) is 5.68. The van der Waals surface area contributed by atoms with E-state index in [1.807, 2.05) is 17.8 Å². The van der Waals surface area contributed by atoms with E-state index in [2.05, 4.69) is 4.98 Å². The predicted octanol–water partition coefficient (Wildman–Crippen LogP) is 1.37. The molecule has 2 aromatic rings. The maximum atomic E-state index is 10.7. The van der Waals surface area contributed by atoms with Crippen molar-refractivity contribution in [3.05, 3.63) is 52.1 Å². The molecule has 0 aliphatic carbocycles. The van der Waals surface area contributed by atoms with Gasteiger partial charge in [-0.05, 0) is 6.07 Å². The van der Waals surface area contributed by atoms with Crippen molar-refractivity contribution in [2.75, 3.05) is 0 Å². The molecule has 0 amide bonds. The van der Waals surface area contributed by atoms with E-state index in [-0.39, 0.29) is 18.8 Å². The first-order valence-electron chi connectivity index (χ1n) is 5.68. The van der Waals surface area contributed by atoms with Crippen molar-refractivity contribution in [3.63, 3.8) is 0 Å². The molecule has 0 saturated carbocycles. The van der Waals surface area contributed by atoms with Gasteiger partial charge in [0.15, 0.2) is 0 Å². The third-order valence-electron chi connectivity index (χ3n) is 2.75. The SMILES string of the molecule is Cn1ccnc1COc1ccc([N+](=O)[O-])cc1CN. The monoisotopic (exact) mass is 262 g/mol. The Hall–Kier alpha value is -2.41. The molecular weight excluding hydrogens is 248 g/mol. The van der Waals surface area contributed by atoms with Gasteiger partial charge in [0.2, 0.25) is 0 Å². The molecular formula is C12H14N4O3. The summed E-state index contributed by atoms with van der Waals surface area (Å²) in [5.74, 6) is 1.30. The van der Waals surface area contributed by atoms with Crippen molar-refractivity contribution in [1.82, 2.24) is 9.55 Å². The van der Waals surface area contributed by atoms with Crippen molar-refractivity contribution < 1.29 is 9.66 Å². The fraction of sp³-hybridized carbons (Fsp3) is 0.250. The summed E-state index contributed by atoms with van der Waals surface area (Å²) in [5, 5.41) is 10.7. The van der Waals surface area contributed by atoms with Gasteiger partial charge < -0.3 is 15.0 Å². The molecule has 0 fully saturated rings. The van der Waals surface area contributed by atoms with Gasteiger partial charge >= 0.3 is 0 Å². The van der Waals surface area contributed by atoms with E-state index in [9.17, 15) is 10.1 Å². The maximum absolute atomic E-state index is 10.7. The molecule has 100 valence electrons. The molecule has 0 aliphatic rings. The highest BCUT2D eigenvalue weighted by Crippen LogP contribution is 2.24. The molecule has 1 aromatic carbocycles. The number of aromatic nitrogens is 2. The number of ether oxygens (including phenoxy) is 1. The number of nitro groups is 1. The highest BCUT2D eigenvalue weighted by atomic mass is 16.6. The summed E-state index contributed by atoms with van der Waals surface area (Å²) in [6.45, 7) is 0.464. The van der Waals surface area contributed by atoms with Gasteiger partial charge in [-0.2, -0.15) is 0 Å². The molecule has 1 heterocycles. The summed E-state index contributed by atoms with van der Waals surface area (Å²) in [4.78, 5) is 14.4. The Kier molecular flexibility index (Phi) is 3.76. The minimum absolute atomic E-state index is 0.00444.